The van der Waals surface area contributed by atoms with E-state index >= 15 is 0 Å². The molecule has 1 amide bonds. The fourth-order valence-electron chi connectivity index (χ4n) is 2.81. The minimum atomic E-state index is 0.0968. The number of benzene rings is 1. The molecule has 0 aromatic heterocycles. The summed E-state index contributed by atoms with van der Waals surface area (Å²) in [5.74, 6) is 5.63. The van der Waals surface area contributed by atoms with Crippen molar-refractivity contribution < 1.29 is 4.79 Å². The molecule has 1 aromatic carbocycles. The zero-order valence-corrected chi connectivity index (χ0v) is 11.8. The molecule has 0 aliphatic carbocycles. The Labute approximate surface area is 114 Å². The van der Waals surface area contributed by atoms with Gasteiger partial charge in [0.1, 0.15) is 0 Å². The summed E-state index contributed by atoms with van der Waals surface area (Å²) in [7, 11) is 0. The summed E-state index contributed by atoms with van der Waals surface area (Å²) in [4.78, 5) is 14.7. The van der Waals surface area contributed by atoms with Crippen LogP contribution < -0.4 is 11.3 Å². The molecule has 3 N–H and O–H groups in total. The van der Waals surface area contributed by atoms with Crippen molar-refractivity contribution in [3.8, 4) is 0 Å². The summed E-state index contributed by atoms with van der Waals surface area (Å²) < 4.78 is 0. The van der Waals surface area contributed by atoms with Crippen molar-refractivity contribution in [1.82, 2.24) is 4.90 Å². The maximum atomic E-state index is 12.7. The van der Waals surface area contributed by atoms with Crippen LogP contribution in [0.3, 0.4) is 0 Å². The third-order valence-corrected chi connectivity index (χ3v) is 3.92. The normalized spacial score (nSPS) is 19.3. The number of hydrazine groups is 1. The topological polar surface area (TPSA) is 58.4 Å². The van der Waals surface area contributed by atoms with Crippen LogP contribution in [0.15, 0.2) is 18.2 Å². The minimum absolute atomic E-state index is 0.0968. The highest BCUT2D eigenvalue weighted by Crippen LogP contribution is 2.25. The van der Waals surface area contributed by atoms with Crippen LogP contribution in [0.2, 0.25) is 0 Å². The summed E-state index contributed by atoms with van der Waals surface area (Å²) in [6.07, 6.45) is 4.44. The van der Waals surface area contributed by atoms with Gasteiger partial charge in [0, 0.05) is 12.6 Å². The van der Waals surface area contributed by atoms with E-state index in [0.29, 0.717) is 17.3 Å². The predicted octanol–water partition coefficient (Wildman–Crippen LogP) is 2.69. The molecule has 4 heteroatoms. The number of carbonyl (C=O) groups is 1. The number of nitrogens with one attached hydrogen (secondary N) is 1. The maximum absolute atomic E-state index is 12.7. The second-order valence-electron chi connectivity index (χ2n) is 5.25. The monoisotopic (exact) mass is 261 g/mol. The molecule has 2 rings (SSSR count). The molecule has 104 valence electrons. The molecule has 0 saturated carbocycles. The number of amides is 1. The highest BCUT2D eigenvalue weighted by Gasteiger charge is 2.27. The molecule has 1 fully saturated rings. The van der Waals surface area contributed by atoms with Crippen molar-refractivity contribution >= 4 is 11.6 Å². The summed E-state index contributed by atoms with van der Waals surface area (Å²) in [6.45, 7) is 4.99. The smallest absolute Gasteiger partial charge is 0.256 e. The Kier molecular flexibility index (Phi) is 4.43. The van der Waals surface area contributed by atoms with Crippen molar-refractivity contribution in [3.63, 3.8) is 0 Å². The summed E-state index contributed by atoms with van der Waals surface area (Å²) in [5, 5.41) is 0. The zero-order valence-electron chi connectivity index (χ0n) is 11.8. The minimum Gasteiger partial charge on any atom is -0.336 e. The van der Waals surface area contributed by atoms with E-state index in [4.69, 9.17) is 5.84 Å². The zero-order chi connectivity index (χ0) is 13.8. The maximum Gasteiger partial charge on any atom is 0.256 e. The molecule has 0 bridgehead atoms. The highest BCUT2D eigenvalue weighted by atomic mass is 16.2. The Bertz CT molecular complexity index is 459. The molecule has 19 heavy (non-hydrogen) atoms. The van der Waals surface area contributed by atoms with Gasteiger partial charge in [-0.25, -0.2) is 0 Å². The van der Waals surface area contributed by atoms with E-state index in [-0.39, 0.29) is 5.91 Å². The van der Waals surface area contributed by atoms with E-state index in [1.165, 1.54) is 6.42 Å². The van der Waals surface area contributed by atoms with Gasteiger partial charge in [-0.15, -0.1) is 0 Å². The lowest BCUT2D eigenvalue weighted by Crippen LogP contribution is -2.43. The van der Waals surface area contributed by atoms with Crippen LogP contribution in [0, 0.1) is 6.92 Å². The lowest BCUT2D eigenvalue weighted by Gasteiger charge is -2.35. The van der Waals surface area contributed by atoms with Crippen molar-refractivity contribution in [1.29, 1.82) is 0 Å². The number of nitrogen functional groups attached to an aromatic ring is 1. The van der Waals surface area contributed by atoms with Gasteiger partial charge >= 0.3 is 0 Å². The first-order chi connectivity index (χ1) is 9.17. The van der Waals surface area contributed by atoms with Gasteiger partial charge in [-0.05, 0) is 50.3 Å². The molecule has 4 nitrogen and oxygen atoms in total. The Hall–Kier alpha value is -1.55. The molecule has 0 radical (unpaired) electrons. The van der Waals surface area contributed by atoms with Crippen molar-refractivity contribution in [3.05, 3.63) is 29.3 Å². The predicted molar refractivity (Wildman–Crippen MR) is 78.0 cm³/mol. The van der Waals surface area contributed by atoms with Gasteiger partial charge in [0.05, 0.1) is 11.3 Å². The molecule has 1 unspecified atom stereocenters. The lowest BCUT2D eigenvalue weighted by molar-refractivity contribution is 0.0609. The molecular weight excluding hydrogens is 238 g/mol. The van der Waals surface area contributed by atoms with Gasteiger partial charge in [0.15, 0.2) is 0 Å². The number of likely N-dealkylation sites (tertiary alicyclic amines) is 1. The first kappa shape index (κ1) is 13.9. The van der Waals surface area contributed by atoms with Gasteiger partial charge in [0.25, 0.3) is 5.91 Å². The quantitative estimate of drug-likeness (QED) is 0.649. The molecular formula is C15H23N3O. The summed E-state index contributed by atoms with van der Waals surface area (Å²) in [5.41, 5.74) is 5.12. The van der Waals surface area contributed by atoms with E-state index in [0.717, 1.165) is 31.4 Å². The van der Waals surface area contributed by atoms with Gasteiger partial charge in [-0.3, -0.25) is 10.6 Å². The van der Waals surface area contributed by atoms with E-state index in [2.05, 4.69) is 12.3 Å². The fourth-order valence-corrected chi connectivity index (χ4v) is 2.81. The standard InChI is InChI=1S/C15H23N3O/c1-3-12-6-4-5-9-18(12)15(19)13-8-7-11(2)10-14(13)17-16/h7-8,10,12,17H,3-6,9,16H2,1-2H3. The number of hydrogen-bond acceptors (Lipinski definition) is 3. The third-order valence-electron chi connectivity index (χ3n) is 3.92. The molecule has 1 aliphatic rings. The second kappa shape index (κ2) is 6.06. The van der Waals surface area contributed by atoms with Gasteiger partial charge in [0.2, 0.25) is 0 Å². The average molecular weight is 261 g/mol. The summed E-state index contributed by atoms with van der Waals surface area (Å²) in [6, 6.07) is 6.11. The number of nitrogens with two attached hydrogens (primary N) is 1. The van der Waals surface area contributed by atoms with Crippen LogP contribution in [-0.4, -0.2) is 23.4 Å². The van der Waals surface area contributed by atoms with Crippen LogP contribution in [-0.2, 0) is 0 Å². The van der Waals surface area contributed by atoms with Crippen molar-refractivity contribution in [2.24, 2.45) is 5.84 Å². The van der Waals surface area contributed by atoms with Gasteiger partial charge in [-0.2, -0.15) is 0 Å². The summed E-state index contributed by atoms with van der Waals surface area (Å²) >= 11 is 0. The largest absolute Gasteiger partial charge is 0.336 e. The van der Waals surface area contributed by atoms with Crippen molar-refractivity contribution in [2.45, 2.75) is 45.6 Å². The number of anilines is 1. The lowest BCUT2D eigenvalue weighted by atomic mass is 9.98. The van der Waals surface area contributed by atoms with Gasteiger partial charge in [-0.1, -0.05) is 13.0 Å². The Morgan fingerprint density at radius 1 is 1.47 bits per heavy atom. The van der Waals surface area contributed by atoms with Crippen LogP contribution in [0.1, 0.15) is 48.5 Å². The number of nitrogens with zero attached hydrogens (tertiary/aromatic N) is 1. The first-order valence-corrected chi connectivity index (χ1v) is 7.05. The molecule has 0 spiro atoms. The van der Waals surface area contributed by atoms with E-state index in [1.807, 2.05) is 30.0 Å². The molecule has 1 heterocycles. The number of piperidine rings is 1. The van der Waals surface area contributed by atoms with E-state index < -0.39 is 0 Å². The second-order valence-corrected chi connectivity index (χ2v) is 5.25. The van der Waals surface area contributed by atoms with Crippen LogP contribution >= 0.6 is 0 Å². The Morgan fingerprint density at radius 2 is 2.26 bits per heavy atom. The fraction of sp³-hybridized carbons (Fsp3) is 0.533. The first-order valence-electron chi connectivity index (χ1n) is 7.05. The van der Waals surface area contributed by atoms with Crippen LogP contribution in [0.4, 0.5) is 5.69 Å². The average Bonchev–Trinajstić information content (AvgIpc) is 2.46. The number of rotatable bonds is 3. The number of aryl methyl sites for hydroxylation is 1. The highest BCUT2D eigenvalue weighted by molar-refractivity contribution is 5.99. The Balaban J connectivity index is 2.27. The SMILES string of the molecule is CCC1CCCCN1C(=O)c1ccc(C)cc1NN. The third kappa shape index (κ3) is 2.89. The van der Waals surface area contributed by atoms with E-state index in [9.17, 15) is 4.79 Å². The molecule has 1 atom stereocenters. The van der Waals surface area contributed by atoms with E-state index in [1.54, 1.807) is 0 Å². The van der Waals surface area contributed by atoms with Gasteiger partial charge < -0.3 is 10.3 Å². The molecule has 1 saturated heterocycles. The Morgan fingerprint density at radius 3 is 2.95 bits per heavy atom. The number of hydrogen-bond donors (Lipinski definition) is 2. The van der Waals surface area contributed by atoms with Crippen LogP contribution in [0.25, 0.3) is 0 Å². The van der Waals surface area contributed by atoms with Crippen LogP contribution in [0.5, 0.6) is 0 Å². The number of carbonyl (C=O) groups excluding carboxylic acids is 1. The van der Waals surface area contributed by atoms with Crippen molar-refractivity contribution in [2.75, 3.05) is 12.0 Å². The molecule has 1 aromatic rings. The molecule has 1 aliphatic heterocycles.